The summed E-state index contributed by atoms with van der Waals surface area (Å²) in [5, 5.41) is 3.00. The van der Waals surface area contributed by atoms with Gasteiger partial charge in [0.25, 0.3) is 5.91 Å². The number of carbonyl (C=O) groups excluding carboxylic acids is 1. The van der Waals surface area contributed by atoms with E-state index >= 15 is 0 Å². The predicted octanol–water partition coefficient (Wildman–Crippen LogP) is 3.80. The number of imidazole rings is 1. The Hall–Kier alpha value is -2.82. The summed E-state index contributed by atoms with van der Waals surface area (Å²) in [4.78, 5) is 19.6. The molecule has 3 heterocycles. The zero-order chi connectivity index (χ0) is 17.4. The number of amides is 1. The smallest absolute Gasteiger partial charge is 0.274 e. The molecule has 0 unspecified atom stereocenters. The lowest BCUT2D eigenvalue weighted by Crippen LogP contribution is -2.18. The van der Waals surface area contributed by atoms with Crippen molar-refractivity contribution in [2.75, 3.05) is 23.3 Å². The molecule has 25 heavy (non-hydrogen) atoms. The van der Waals surface area contributed by atoms with Crippen molar-refractivity contribution in [1.82, 2.24) is 9.38 Å². The minimum absolute atomic E-state index is 0.135. The van der Waals surface area contributed by atoms with Crippen molar-refractivity contribution in [3.8, 4) is 0 Å². The average molecular weight is 334 g/mol. The maximum Gasteiger partial charge on any atom is 0.274 e. The van der Waals surface area contributed by atoms with Gasteiger partial charge in [0.05, 0.1) is 5.69 Å². The molecule has 3 aromatic rings. The van der Waals surface area contributed by atoms with Crippen LogP contribution in [0.25, 0.3) is 5.65 Å². The number of nitrogens with one attached hydrogen (secondary N) is 1. The van der Waals surface area contributed by atoms with Gasteiger partial charge in [-0.2, -0.15) is 0 Å². The summed E-state index contributed by atoms with van der Waals surface area (Å²) in [6, 6.07) is 12.0. The fourth-order valence-electron chi connectivity index (χ4n) is 3.46. The lowest BCUT2D eigenvalue weighted by molar-refractivity contribution is 0.102. The Balaban J connectivity index is 1.58. The van der Waals surface area contributed by atoms with Crippen LogP contribution < -0.4 is 10.2 Å². The SMILES string of the molecule is Cc1ccc2nc(C)c(C(=O)Nc3ccc(N4CCCC4)cc3)n2c1. The first-order valence-electron chi connectivity index (χ1n) is 8.73. The maximum absolute atomic E-state index is 12.8. The van der Waals surface area contributed by atoms with Gasteiger partial charge >= 0.3 is 0 Å². The number of fused-ring (bicyclic) bond motifs is 1. The second kappa shape index (κ2) is 6.24. The van der Waals surface area contributed by atoms with E-state index in [2.05, 4.69) is 27.3 Å². The van der Waals surface area contributed by atoms with Gasteiger partial charge in [-0.1, -0.05) is 6.07 Å². The number of aromatic nitrogens is 2. The first-order chi connectivity index (χ1) is 12.1. The van der Waals surface area contributed by atoms with Crippen LogP contribution in [0.15, 0.2) is 42.6 Å². The Morgan fingerprint density at radius 3 is 2.48 bits per heavy atom. The van der Waals surface area contributed by atoms with Crippen LogP contribution in [0.2, 0.25) is 0 Å². The normalized spacial score (nSPS) is 14.2. The van der Waals surface area contributed by atoms with E-state index < -0.39 is 0 Å². The molecule has 0 saturated carbocycles. The van der Waals surface area contributed by atoms with Gasteiger partial charge in [0.1, 0.15) is 11.3 Å². The van der Waals surface area contributed by atoms with Crippen LogP contribution in [0.3, 0.4) is 0 Å². The lowest BCUT2D eigenvalue weighted by Gasteiger charge is -2.17. The number of hydrogen-bond donors (Lipinski definition) is 1. The highest BCUT2D eigenvalue weighted by Gasteiger charge is 2.17. The maximum atomic E-state index is 12.8. The first kappa shape index (κ1) is 15.7. The van der Waals surface area contributed by atoms with Gasteiger partial charge in [-0.15, -0.1) is 0 Å². The van der Waals surface area contributed by atoms with Gasteiger partial charge in [0.2, 0.25) is 0 Å². The van der Waals surface area contributed by atoms with Crippen molar-refractivity contribution in [2.24, 2.45) is 0 Å². The summed E-state index contributed by atoms with van der Waals surface area (Å²) in [5.41, 5.74) is 5.22. The molecule has 0 aliphatic carbocycles. The zero-order valence-electron chi connectivity index (χ0n) is 14.6. The molecule has 0 radical (unpaired) electrons. The first-order valence-corrected chi connectivity index (χ1v) is 8.73. The van der Waals surface area contributed by atoms with Crippen molar-refractivity contribution in [3.63, 3.8) is 0 Å². The van der Waals surface area contributed by atoms with Gasteiger partial charge in [0.15, 0.2) is 0 Å². The molecule has 1 N–H and O–H groups in total. The van der Waals surface area contributed by atoms with Crippen LogP contribution in [-0.2, 0) is 0 Å². The Kier molecular flexibility index (Phi) is 3.92. The molecule has 1 amide bonds. The third-order valence-electron chi connectivity index (χ3n) is 4.75. The van der Waals surface area contributed by atoms with E-state index in [1.54, 1.807) is 0 Å². The van der Waals surface area contributed by atoms with Crippen LogP contribution in [0.1, 0.15) is 34.6 Å². The topological polar surface area (TPSA) is 49.6 Å². The number of benzene rings is 1. The molecular weight excluding hydrogens is 312 g/mol. The van der Waals surface area contributed by atoms with Crippen molar-refractivity contribution in [2.45, 2.75) is 26.7 Å². The van der Waals surface area contributed by atoms with Crippen molar-refractivity contribution in [1.29, 1.82) is 0 Å². The predicted molar refractivity (Wildman–Crippen MR) is 101 cm³/mol. The second-order valence-electron chi connectivity index (χ2n) is 6.68. The lowest BCUT2D eigenvalue weighted by atomic mass is 10.2. The van der Waals surface area contributed by atoms with E-state index in [9.17, 15) is 4.79 Å². The third-order valence-corrected chi connectivity index (χ3v) is 4.75. The van der Waals surface area contributed by atoms with Gasteiger partial charge in [-0.25, -0.2) is 4.98 Å². The molecule has 1 saturated heterocycles. The summed E-state index contributed by atoms with van der Waals surface area (Å²) < 4.78 is 1.86. The van der Waals surface area contributed by atoms with Crippen molar-refractivity contribution < 1.29 is 4.79 Å². The third kappa shape index (κ3) is 2.97. The summed E-state index contributed by atoms with van der Waals surface area (Å²) >= 11 is 0. The average Bonchev–Trinajstić information content (AvgIpc) is 3.22. The van der Waals surface area contributed by atoms with E-state index in [-0.39, 0.29) is 5.91 Å². The molecule has 5 heteroatoms. The molecule has 0 bridgehead atoms. The molecule has 1 fully saturated rings. The summed E-state index contributed by atoms with van der Waals surface area (Å²) in [6.45, 7) is 6.11. The Labute approximate surface area is 147 Å². The molecule has 1 aliphatic rings. The summed E-state index contributed by atoms with van der Waals surface area (Å²) in [5.74, 6) is -0.135. The molecule has 128 valence electrons. The fourth-order valence-corrected chi connectivity index (χ4v) is 3.46. The van der Waals surface area contributed by atoms with Gasteiger partial charge in [0, 0.05) is 30.7 Å². The Morgan fingerprint density at radius 1 is 1.04 bits per heavy atom. The van der Waals surface area contributed by atoms with Crippen molar-refractivity contribution >= 4 is 22.9 Å². The number of nitrogens with zero attached hydrogens (tertiary/aromatic N) is 3. The molecule has 0 spiro atoms. The highest BCUT2D eigenvalue weighted by molar-refractivity contribution is 6.04. The minimum atomic E-state index is -0.135. The number of carbonyl (C=O) groups is 1. The summed E-state index contributed by atoms with van der Waals surface area (Å²) in [7, 11) is 0. The largest absolute Gasteiger partial charge is 0.372 e. The fraction of sp³-hybridized carbons (Fsp3) is 0.300. The number of hydrogen-bond acceptors (Lipinski definition) is 3. The van der Waals surface area contributed by atoms with Gasteiger partial charge in [-0.05, 0) is 62.6 Å². The van der Waals surface area contributed by atoms with Crippen LogP contribution in [0.4, 0.5) is 11.4 Å². The molecule has 4 rings (SSSR count). The Bertz CT molecular complexity index is 921. The van der Waals surface area contributed by atoms with E-state index in [0.29, 0.717) is 5.69 Å². The highest BCUT2D eigenvalue weighted by Crippen LogP contribution is 2.23. The van der Waals surface area contributed by atoms with Gasteiger partial charge < -0.3 is 10.2 Å². The number of rotatable bonds is 3. The van der Waals surface area contributed by atoms with E-state index in [0.717, 1.165) is 35.7 Å². The number of aryl methyl sites for hydroxylation is 2. The standard InChI is InChI=1S/C20H22N4O/c1-14-5-10-18-21-15(2)19(24(18)13-14)20(25)22-16-6-8-17(9-7-16)23-11-3-4-12-23/h5-10,13H,3-4,11-12H2,1-2H3,(H,22,25). The van der Waals surface area contributed by atoms with E-state index in [4.69, 9.17) is 0 Å². The molecule has 2 aromatic heterocycles. The van der Waals surface area contributed by atoms with Crippen LogP contribution in [0.5, 0.6) is 0 Å². The monoisotopic (exact) mass is 334 g/mol. The number of pyridine rings is 1. The second-order valence-corrected chi connectivity index (χ2v) is 6.68. The summed E-state index contributed by atoms with van der Waals surface area (Å²) in [6.07, 6.45) is 4.46. The molecule has 5 nitrogen and oxygen atoms in total. The van der Waals surface area contributed by atoms with Crippen LogP contribution >= 0.6 is 0 Å². The zero-order valence-corrected chi connectivity index (χ0v) is 14.6. The quantitative estimate of drug-likeness (QED) is 0.792. The van der Waals surface area contributed by atoms with Crippen molar-refractivity contribution in [3.05, 3.63) is 59.5 Å². The van der Waals surface area contributed by atoms with E-state index in [1.165, 1.54) is 18.5 Å². The van der Waals surface area contributed by atoms with Crippen LogP contribution in [-0.4, -0.2) is 28.4 Å². The minimum Gasteiger partial charge on any atom is -0.372 e. The molecular formula is C20H22N4O. The molecule has 1 aliphatic heterocycles. The van der Waals surface area contributed by atoms with Crippen LogP contribution in [0, 0.1) is 13.8 Å². The highest BCUT2D eigenvalue weighted by atomic mass is 16.2. The molecule has 1 aromatic carbocycles. The Morgan fingerprint density at radius 2 is 1.76 bits per heavy atom. The van der Waals surface area contributed by atoms with E-state index in [1.807, 2.05) is 48.7 Å². The number of anilines is 2. The van der Waals surface area contributed by atoms with Gasteiger partial charge in [-0.3, -0.25) is 9.20 Å². The molecule has 0 atom stereocenters.